The van der Waals surface area contributed by atoms with Gasteiger partial charge in [-0.1, -0.05) is 18.2 Å². The highest BCUT2D eigenvalue weighted by Gasteiger charge is 2.43. The summed E-state index contributed by atoms with van der Waals surface area (Å²) in [4.78, 5) is 0. The normalized spacial score (nSPS) is 12.1. The molecule has 0 atom stereocenters. The van der Waals surface area contributed by atoms with Crippen molar-refractivity contribution in [3.8, 4) is 28.0 Å². The minimum Gasteiger partial charge on any atom is -0.429 e. The summed E-state index contributed by atoms with van der Waals surface area (Å²) in [5.41, 5.74) is -7.02. The molecule has 0 aliphatic rings. The molecule has 0 bridgehead atoms. The highest BCUT2D eigenvalue weighted by Crippen LogP contribution is 2.41. The molecule has 0 aliphatic carbocycles. The van der Waals surface area contributed by atoms with Gasteiger partial charge in [0.15, 0.2) is 0 Å². The predicted molar refractivity (Wildman–Crippen MR) is 113 cm³/mol. The van der Waals surface area contributed by atoms with Gasteiger partial charge in [0.2, 0.25) is 0 Å². The van der Waals surface area contributed by atoms with Gasteiger partial charge in [0.1, 0.15) is 57.6 Å². The Morgan fingerprint density at radius 3 is 1.44 bits per heavy atom. The number of hydrogen-bond acceptors (Lipinski definition) is 1. The molecule has 4 aromatic rings. The fourth-order valence-corrected chi connectivity index (χ4v) is 3.77. The van der Waals surface area contributed by atoms with Crippen LogP contribution in [-0.4, -0.2) is 0 Å². The molecule has 0 fully saturated rings. The molecular formula is C26H10F12O. The van der Waals surface area contributed by atoms with Crippen molar-refractivity contribution in [2.24, 2.45) is 0 Å². The van der Waals surface area contributed by atoms with Crippen LogP contribution in [0, 0.1) is 40.7 Å². The van der Waals surface area contributed by atoms with Gasteiger partial charge in [-0.2, -0.15) is 22.0 Å². The second kappa shape index (κ2) is 9.86. The molecule has 204 valence electrons. The number of rotatable bonds is 5. The maximum absolute atomic E-state index is 14.8. The Kier molecular flexibility index (Phi) is 7.04. The molecule has 4 aromatic carbocycles. The summed E-state index contributed by atoms with van der Waals surface area (Å²) in [6.45, 7) is 0. The van der Waals surface area contributed by atoms with E-state index in [0.717, 1.165) is 6.07 Å². The molecule has 0 unspecified atom stereocenters. The molecule has 0 amide bonds. The van der Waals surface area contributed by atoms with E-state index in [4.69, 9.17) is 0 Å². The van der Waals surface area contributed by atoms with Gasteiger partial charge < -0.3 is 4.74 Å². The first-order chi connectivity index (χ1) is 18.1. The van der Waals surface area contributed by atoms with Crippen molar-refractivity contribution in [1.29, 1.82) is 0 Å². The molecule has 0 spiro atoms. The first-order valence-electron chi connectivity index (χ1n) is 10.5. The molecule has 0 radical (unpaired) electrons. The van der Waals surface area contributed by atoms with E-state index in [1.807, 2.05) is 0 Å². The predicted octanol–water partition coefficient (Wildman–Crippen LogP) is 9.14. The third-order valence-corrected chi connectivity index (χ3v) is 5.39. The number of alkyl halides is 5. The molecule has 0 aromatic heterocycles. The van der Waals surface area contributed by atoms with Crippen LogP contribution < -0.4 is 4.74 Å². The quantitative estimate of drug-likeness (QED) is 0.219. The molecule has 1 nitrogen and oxygen atoms in total. The summed E-state index contributed by atoms with van der Waals surface area (Å²) in [6.07, 6.45) is -10.6. The zero-order valence-electron chi connectivity index (χ0n) is 18.7. The van der Waals surface area contributed by atoms with Gasteiger partial charge in [0.25, 0.3) is 0 Å². The molecule has 0 saturated heterocycles. The Labute approximate surface area is 210 Å². The van der Waals surface area contributed by atoms with Crippen LogP contribution in [-0.2, 0) is 12.3 Å². The van der Waals surface area contributed by atoms with Crippen molar-refractivity contribution in [3.63, 3.8) is 0 Å². The average molecular weight is 566 g/mol. The lowest BCUT2D eigenvalue weighted by Crippen LogP contribution is -2.25. The first kappa shape index (κ1) is 27.9. The Hall–Kier alpha value is -4.16. The van der Waals surface area contributed by atoms with Gasteiger partial charge in [-0.15, -0.1) is 0 Å². The topological polar surface area (TPSA) is 9.23 Å². The van der Waals surface area contributed by atoms with E-state index >= 15 is 0 Å². The van der Waals surface area contributed by atoms with Crippen LogP contribution in [0.3, 0.4) is 0 Å². The summed E-state index contributed by atoms with van der Waals surface area (Å²) in [6, 6.07) is 5.86. The Morgan fingerprint density at radius 1 is 0.487 bits per heavy atom. The van der Waals surface area contributed by atoms with Crippen molar-refractivity contribution < 1.29 is 57.4 Å². The molecule has 13 heteroatoms. The average Bonchev–Trinajstić information content (AvgIpc) is 2.76. The standard InChI is InChI=1S/C26H10F12O/c27-15-4-2-1-3-14(15)11-5-16(28)22(17(29)6-11)12-7-18(30)24(19(31)8-12)26(37,38)39-13-9-20(32)23(21(33)10-13)25(34,35)36/h1-10H. The van der Waals surface area contributed by atoms with Crippen molar-refractivity contribution in [2.75, 3.05) is 0 Å². The maximum Gasteiger partial charge on any atom is 0.432 e. The summed E-state index contributed by atoms with van der Waals surface area (Å²) < 4.78 is 171. The van der Waals surface area contributed by atoms with Gasteiger partial charge in [0.05, 0.1) is 5.56 Å². The highest BCUT2D eigenvalue weighted by atomic mass is 19.4. The number of ether oxygens (including phenoxy) is 1. The lowest BCUT2D eigenvalue weighted by Gasteiger charge is -2.21. The second-order valence-corrected chi connectivity index (χ2v) is 7.99. The molecule has 0 heterocycles. The molecule has 4 rings (SSSR count). The third-order valence-electron chi connectivity index (χ3n) is 5.39. The van der Waals surface area contributed by atoms with Crippen molar-refractivity contribution in [3.05, 3.63) is 113 Å². The van der Waals surface area contributed by atoms with Crippen LogP contribution in [0.1, 0.15) is 11.1 Å². The van der Waals surface area contributed by atoms with Gasteiger partial charge in [-0.05, 0) is 41.5 Å². The second-order valence-electron chi connectivity index (χ2n) is 7.99. The monoisotopic (exact) mass is 566 g/mol. The van der Waals surface area contributed by atoms with E-state index in [9.17, 15) is 52.7 Å². The minimum absolute atomic E-state index is 0.105. The fourth-order valence-electron chi connectivity index (χ4n) is 3.77. The summed E-state index contributed by atoms with van der Waals surface area (Å²) >= 11 is 0. The van der Waals surface area contributed by atoms with Crippen LogP contribution in [0.15, 0.2) is 60.7 Å². The molecule has 39 heavy (non-hydrogen) atoms. The Bertz CT molecular complexity index is 1510. The van der Waals surface area contributed by atoms with Crippen LogP contribution in [0.4, 0.5) is 52.7 Å². The van der Waals surface area contributed by atoms with Crippen LogP contribution in [0.25, 0.3) is 22.3 Å². The highest BCUT2D eigenvalue weighted by molar-refractivity contribution is 5.72. The van der Waals surface area contributed by atoms with E-state index in [0.29, 0.717) is 12.1 Å². The largest absolute Gasteiger partial charge is 0.432 e. The fraction of sp³-hybridized carbons (Fsp3) is 0.0769. The van der Waals surface area contributed by atoms with E-state index in [-0.39, 0.29) is 35.4 Å². The lowest BCUT2D eigenvalue weighted by molar-refractivity contribution is -0.189. The van der Waals surface area contributed by atoms with Crippen molar-refractivity contribution in [2.45, 2.75) is 12.3 Å². The number of halogens is 12. The van der Waals surface area contributed by atoms with Crippen molar-refractivity contribution >= 4 is 0 Å². The number of benzene rings is 4. The van der Waals surface area contributed by atoms with Crippen LogP contribution in [0.5, 0.6) is 5.75 Å². The van der Waals surface area contributed by atoms with E-state index < -0.39 is 81.0 Å². The Balaban J connectivity index is 1.72. The molecule has 0 saturated carbocycles. The summed E-state index contributed by atoms with van der Waals surface area (Å²) in [7, 11) is 0. The van der Waals surface area contributed by atoms with Crippen LogP contribution >= 0.6 is 0 Å². The molecular weight excluding hydrogens is 556 g/mol. The Morgan fingerprint density at radius 2 is 0.949 bits per heavy atom. The van der Waals surface area contributed by atoms with E-state index in [2.05, 4.69) is 4.74 Å². The molecule has 0 N–H and O–H groups in total. The van der Waals surface area contributed by atoms with Crippen LogP contribution in [0.2, 0.25) is 0 Å². The van der Waals surface area contributed by atoms with Gasteiger partial charge in [-0.3, -0.25) is 0 Å². The minimum atomic E-state index is -5.53. The summed E-state index contributed by atoms with van der Waals surface area (Å²) in [5.74, 6) is -14.2. The van der Waals surface area contributed by atoms with E-state index in [1.165, 1.54) is 18.2 Å². The van der Waals surface area contributed by atoms with Gasteiger partial charge in [0, 0.05) is 17.7 Å². The molecule has 0 aliphatic heterocycles. The summed E-state index contributed by atoms with van der Waals surface area (Å²) in [5, 5.41) is 0. The zero-order chi connectivity index (χ0) is 28.9. The first-order valence-corrected chi connectivity index (χ1v) is 10.5. The smallest absolute Gasteiger partial charge is 0.429 e. The van der Waals surface area contributed by atoms with E-state index in [1.54, 1.807) is 0 Å². The zero-order valence-corrected chi connectivity index (χ0v) is 18.7. The SMILES string of the molecule is Fc1ccccc1-c1cc(F)c(-c2cc(F)c(C(F)(F)Oc3cc(F)c(C(F)(F)F)c(F)c3)c(F)c2)c(F)c1. The maximum atomic E-state index is 14.8. The third kappa shape index (κ3) is 5.38. The van der Waals surface area contributed by atoms with Gasteiger partial charge >= 0.3 is 12.3 Å². The van der Waals surface area contributed by atoms with Crippen molar-refractivity contribution in [1.82, 2.24) is 0 Å². The number of hydrogen-bond donors (Lipinski definition) is 0. The lowest BCUT2D eigenvalue weighted by atomic mass is 9.97. The van der Waals surface area contributed by atoms with Gasteiger partial charge in [-0.25, -0.2) is 30.7 Å².